The highest BCUT2D eigenvalue weighted by Crippen LogP contribution is 2.42. The van der Waals surface area contributed by atoms with Gasteiger partial charge in [0.2, 0.25) is 17.7 Å². The molecule has 1 aliphatic carbocycles. The van der Waals surface area contributed by atoms with Gasteiger partial charge in [0.25, 0.3) is 11.8 Å². The minimum Gasteiger partial charge on any atom is -0.493 e. The number of benzene rings is 5. The number of aryl methyl sites for hydroxylation is 2. The van der Waals surface area contributed by atoms with E-state index in [-0.39, 0.29) is 105 Å². The van der Waals surface area contributed by atoms with E-state index in [2.05, 4.69) is 22.0 Å². The number of rotatable bonds is 18. The predicted octanol–water partition coefficient (Wildman–Crippen LogP) is 7.47. The Balaban J connectivity index is 0.810. The molecule has 4 aliphatic heterocycles. The Morgan fingerprint density at radius 3 is 1.97 bits per heavy atom. The van der Waals surface area contributed by atoms with Crippen LogP contribution in [0.25, 0.3) is 0 Å². The highest BCUT2D eigenvalue weighted by atomic mass is 16.5. The highest BCUT2D eigenvalue weighted by molar-refractivity contribution is 6.10. The summed E-state index contributed by atoms with van der Waals surface area (Å²) in [6.07, 6.45) is 4.48. The zero-order chi connectivity index (χ0) is 53.9. The summed E-state index contributed by atoms with van der Waals surface area (Å²) in [6.45, 7) is 1.70. The summed E-state index contributed by atoms with van der Waals surface area (Å²) in [6, 6.07) is 28.2. The smallest absolute Gasteiger partial charge is 0.258 e. The number of para-hydroxylation sites is 2. The fraction of sp³-hybridized carbons (Fsp3) is 0.393. The van der Waals surface area contributed by atoms with Gasteiger partial charge in [0.1, 0.15) is 24.7 Å². The number of ketones is 2. The first-order chi connectivity index (χ1) is 37.2. The average Bonchev–Trinajstić information content (AvgIpc) is 4.00. The van der Waals surface area contributed by atoms with Crippen molar-refractivity contribution in [1.82, 2.24) is 10.6 Å². The lowest BCUT2D eigenvalue weighted by Gasteiger charge is -2.26. The summed E-state index contributed by atoms with van der Waals surface area (Å²) >= 11 is 0. The Hall–Kier alpha value is -7.85. The maximum absolute atomic E-state index is 14.1. The number of carbonyl (C=O) groups excluding carboxylic acids is 7. The average molecular weight is 1040 g/mol. The van der Waals surface area contributed by atoms with Crippen molar-refractivity contribution >= 4 is 58.2 Å². The quantitative estimate of drug-likeness (QED) is 0.0677. The molecule has 400 valence electrons. The van der Waals surface area contributed by atoms with E-state index < -0.39 is 17.9 Å². The lowest BCUT2D eigenvalue weighted by atomic mass is 9.79. The maximum atomic E-state index is 14.1. The van der Waals surface area contributed by atoms with E-state index in [0.717, 1.165) is 46.5 Å². The molecule has 5 aromatic rings. The number of amides is 5. The number of hydrogen-bond donors (Lipinski definition) is 4. The van der Waals surface area contributed by atoms with Crippen molar-refractivity contribution in [2.75, 3.05) is 35.8 Å². The monoisotopic (exact) mass is 1040 g/mol. The molecule has 1 saturated carbocycles. The van der Waals surface area contributed by atoms with Gasteiger partial charge in [-0.05, 0) is 152 Å². The van der Waals surface area contributed by atoms with Crippen LogP contribution < -0.4 is 40.0 Å². The number of aliphatic hydroxyl groups is 1. The first-order valence-corrected chi connectivity index (χ1v) is 26.8. The van der Waals surface area contributed by atoms with Crippen molar-refractivity contribution in [3.05, 3.63) is 141 Å². The molecule has 0 spiro atoms. The molecule has 5 aromatic carbocycles. The number of nitrogens with one attached hydrogen (secondary N) is 3. The van der Waals surface area contributed by atoms with Crippen LogP contribution in [0.4, 0.5) is 17.1 Å². The first kappa shape index (κ1) is 52.6. The van der Waals surface area contributed by atoms with Crippen molar-refractivity contribution in [3.63, 3.8) is 0 Å². The number of carbonyl (C=O) groups is 7. The third-order valence-electron chi connectivity index (χ3n) is 16.0. The number of aliphatic hydroxyl groups excluding tert-OH is 1. The Morgan fingerprint density at radius 2 is 1.26 bits per heavy atom. The number of nitrogens with zero attached hydrogens (tertiary/aromatic N) is 2. The molecule has 0 radical (unpaired) electrons. The minimum atomic E-state index is -0.796. The third kappa shape index (κ3) is 11.3. The van der Waals surface area contributed by atoms with Gasteiger partial charge in [-0.1, -0.05) is 36.4 Å². The standard InChI is InChI=1S/C61H65N5O11/c1-35-22-47-43(28-53(69)51-27-42-9-5-7-11-50(42)66(51)61(47)74)30-54(35)76-33-36-23-37(34-77-56-29-40-16-17-45-26-41-8-4-6-10-49(41)65(45)60(73)48(40)31-55(56)75-3)25-44(24-36)64-58(71)20-18-46(67)32-63-57(70)21-19-52(68)38-12-14-39(15-13-38)59(72)62-2/h4-11,22-25,29-31,38-39,45,51,53,69H,12-21,26-28,32-34H2,1-3H3,(H,62,72)(H,63,70)(H,64,71)/t38?,39?,45-,51+,53?/m1/s1. The Morgan fingerprint density at radius 1 is 0.636 bits per heavy atom. The lowest BCUT2D eigenvalue weighted by Crippen LogP contribution is -2.43. The number of anilines is 3. The normalized spacial score (nSPS) is 20.0. The van der Waals surface area contributed by atoms with Gasteiger partial charge < -0.3 is 45.1 Å². The van der Waals surface area contributed by atoms with Gasteiger partial charge in [0.15, 0.2) is 17.3 Å². The van der Waals surface area contributed by atoms with Crippen LogP contribution in [0.2, 0.25) is 0 Å². The molecule has 0 aromatic heterocycles. The summed E-state index contributed by atoms with van der Waals surface area (Å²) in [5, 5.41) is 19.6. The summed E-state index contributed by atoms with van der Waals surface area (Å²) < 4.78 is 18.8. The van der Waals surface area contributed by atoms with Gasteiger partial charge in [-0.2, -0.15) is 0 Å². The van der Waals surface area contributed by atoms with E-state index in [9.17, 15) is 38.7 Å². The van der Waals surface area contributed by atoms with Gasteiger partial charge in [-0.25, -0.2) is 0 Å². The topological polar surface area (TPSA) is 210 Å². The summed E-state index contributed by atoms with van der Waals surface area (Å²) in [5.41, 5.74) is 9.08. The SMILES string of the molecule is CNC(=O)C1CCC(C(=O)CCC(=O)NCC(=O)CCC(=O)Nc2cc(COc3cc4c(cc3C)C(=O)N3c5ccccc5C[C@H]3C(O)C4)cc(COc3cc4c(cc3OC)C(=O)N3c5ccccc5C[C@H]3CC4)c2)CC1. The molecule has 10 rings (SSSR count). The van der Waals surface area contributed by atoms with Crippen LogP contribution in [0.1, 0.15) is 117 Å². The minimum absolute atomic E-state index is 0.0134. The van der Waals surface area contributed by atoms with Crippen LogP contribution in [0.3, 0.4) is 0 Å². The molecular weight excluding hydrogens is 979 g/mol. The van der Waals surface area contributed by atoms with Crippen LogP contribution in [0.15, 0.2) is 91.0 Å². The zero-order valence-electron chi connectivity index (χ0n) is 43.8. The molecule has 16 nitrogen and oxygen atoms in total. The fourth-order valence-corrected chi connectivity index (χ4v) is 11.9. The lowest BCUT2D eigenvalue weighted by molar-refractivity contribution is -0.130. The number of ether oxygens (including phenoxy) is 3. The van der Waals surface area contributed by atoms with Gasteiger partial charge in [0.05, 0.1) is 25.8 Å². The molecule has 77 heavy (non-hydrogen) atoms. The van der Waals surface area contributed by atoms with Gasteiger partial charge in [0, 0.05) is 85.2 Å². The fourth-order valence-electron chi connectivity index (χ4n) is 11.9. The van der Waals surface area contributed by atoms with Crippen LogP contribution in [-0.2, 0) is 62.9 Å². The molecule has 5 amide bonds. The van der Waals surface area contributed by atoms with E-state index in [4.69, 9.17) is 14.2 Å². The molecule has 16 heteroatoms. The number of hydrogen-bond acceptors (Lipinski definition) is 11. The van der Waals surface area contributed by atoms with Crippen LogP contribution in [0.5, 0.6) is 17.2 Å². The van der Waals surface area contributed by atoms with E-state index in [1.807, 2.05) is 78.6 Å². The second-order valence-electron chi connectivity index (χ2n) is 21.1. The summed E-state index contributed by atoms with van der Waals surface area (Å²) in [7, 11) is 3.14. The van der Waals surface area contributed by atoms with Crippen molar-refractivity contribution in [2.24, 2.45) is 11.8 Å². The van der Waals surface area contributed by atoms with Crippen molar-refractivity contribution in [3.8, 4) is 17.2 Å². The van der Waals surface area contributed by atoms with Crippen LogP contribution >= 0.6 is 0 Å². The molecule has 0 bridgehead atoms. The second-order valence-corrected chi connectivity index (χ2v) is 21.1. The number of methoxy groups -OCH3 is 1. The van der Waals surface area contributed by atoms with E-state index in [1.54, 1.807) is 30.1 Å². The van der Waals surface area contributed by atoms with Crippen LogP contribution in [0, 0.1) is 18.8 Å². The van der Waals surface area contributed by atoms with E-state index in [0.29, 0.717) is 89.3 Å². The second kappa shape index (κ2) is 22.8. The third-order valence-corrected chi connectivity index (χ3v) is 16.0. The summed E-state index contributed by atoms with van der Waals surface area (Å²) in [5.74, 6) is -0.361. The highest BCUT2D eigenvalue weighted by Gasteiger charge is 2.42. The molecule has 1 unspecified atom stereocenters. The van der Waals surface area contributed by atoms with E-state index >= 15 is 0 Å². The van der Waals surface area contributed by atoms with E-state index in [1.165, 1.54) is 7.11 Å². The van der Waals surface area contributed by atoms with Gasteiger partial charge in [-0.15, -0.1) is 0 Å². The van der Waals surface area contributed by atoms with Crippen molar-refractivity contribution < 1.29 is 52.9 Å². The summed E-state index contributed by atoms with van der Waals surface area (Å²) in [4.78, 5) is 95.7. The molecule has 3 atom stereocenters. The van der Waals surface area contributed by atoms with Gasteiger partial charge >= 0.3 is 0 Å². The number of Topliss-reactive ketones (excluding diaryl/α,β-unsaturated/α-hetero) is 2. The molecular formula is C61H65N5O11. The molecule has 5 aliphatic rings. The zero-order valence-corrected chi connectivity index (χ0v) is 43.8. The Bertz CT molecular complexity index is 3160. The number of fused-ring (bicyclic) bond motifs is 8. The molecule has 0 saturated heterocycles. The Kier molecular flexibility index (Phi) is 15.6. The van der Waals surface area contributed by atoms with Crippen molar-refractivity contribution in [1.29, 1.82) is 0 Å². The maximum Gasteiger partial charge on any atom is 0.258 e. The van der Waals surface area contributed by atoms with Crippen LogP contribution in [-0.4, -0.2) is 85.1 Å². The first-order valence-electron chi connectivity index (χ1n) is 26.8. The predicted molar refractivity (Wildman–Crippen MR) is 288 cm³/mol. The van der Waals surface area contributed by atoms with Gasteiger partial charge in [-0.3, -0.25) is 33.6 Å². The van der Waals surface area contributed by atoms with Crippen molar-refractivity contribution in [2.45, 2.75) is 122 Å². The Labute approximate surface area is 447 Å². The molecule has 4 N–H and O–H groups in total. The molecule has 1 fully saturated rings. The molecule has 4 heterocycles. The largest absolute Gasteiger partial charge is 0.493 e.